The van der Waals surface area contributed by atoms with Gasteiger partial charge in [0.2, 0.25) is 0 Å². The number of aromatic hydroxyl groups is 1. The van der Waals surface area contributed by atoms with E-state index in [1.807, 2.05) is 0 Å². The van der Waals surface area contributed by atoms with E-state index in [9.17, 15) is 0 Å². The van der Waals surface area contributed by atoms with Gasteiger partial charge in [-0.15, -0.1) is 11.6 Å². The summed E-state index contributed by atoms with van der Waals surface area (Å²) in [5, 5.41) is 8.90. The Morgan fingerprint density at radius 3 is 2.92 bits per heavy atom. The third kappa shape index (κ3) is 2.81. The fraction of sp³-hybridized carbons (Fsp3) is 0.222. The highest BCUT2D eigenvalue weighted by Gasteiger charge is 1.87. The van der Waals surface area contributed by atoms with Gasteiger partial charge in [-0.2, -0.15) is 0 Å². The molecule has 0 unspecified atom stereocenters. The predicted molar refractivity (Wildman–Crippen MR) is 48.1 cm³/mol. The lowest BCUT2D eigenvalue weighted by atomic mass is 10.3. The van der Waals surface area contributed by atoms with Crippen LogP contribution in [0.25, 0.3) is 0 Å². The van der Waals surface area contributed by atoms with Gasteiger partial charge in [0.05, 0.1) is 6.20 Å². The molecule has 0 fully saturated rings. The standard InChI is InChI=1S/C9H8ClNO/c10-6-2-1-3-8-4-5-9(12)7-11-8/h4-5,7,12H,2,6H2. The van der Waals surface area contributed by atoms with Crippen LogP contribution < -0.4 is 0 Å². The van der Waals surface area contributed by atoms with Gasteiger partial charge in [0.1, 0.15) is 11.4 Å². The van der Waals surface area contributed by atoms with Crippen LogP contribution in [0.2, 0.25) is 0 Å². The van der Waals surface area contributed by atoms with Crippen molar-refractivity contribution in [1.82, 2.24) is 4.98 Å². The monoisotopic (exact) mass is 181 g/mol. The third-order valence-electron chi connectivity index (χ3n) is 1.18. The Bertz CT molecular complexity index is 297. The molecule has 1 aromatic heterocycles. The smallest absolute Gasteiger partial charge is 0.133 e. The van der Waals surface area contributed by atoms with E-state index in [-0.39, 0.29) is 5.75 Å². The highest BCUT2D eigenvalue weighted by molar-refractivity contribution is 6.18. The van der Waals surface area contributed by atoms with E-state index in [2.05, 4.69) is 16.8 Å². The summed E-state index contributed by atoms with van der Waals surface area (Å²) in [6, 6.07) is 3.22. The summed E-state index contributed by atoms with van der Waals surface area (Å²) in [7, 11) is 0. The molecule has 0 spiro atoms. The number of pyridine rings is 1. The largest absolute Gasteiger partial charge is 0.506 e. The Morgan fingerprint density at radius 1 is 1.50 bits per heavy atom. The van der Waals surface area contributed by atoms with Gasteiger partial charge in [-0.3, -0.25) is 0 Å². The first-order valence-corrected chi connectivity index (χ1v) is 4.06. The normalized spacial score (nSPS) is 8.75. The minimum atomic E-state index is 0.151. The van der Waals surface area contributed by atoms with Gasteiger partial charge >= 0.3 is 0 Å². The maximum absolute atomic E-state index is 8.90. The van der Waals surface area contributed by atoms with Crippen LogP contribution in [0.4, 0.5) is 0 Å². The highest BCUT2D eigenvalue weighted by atomic mass is 35.5. The maximum atomic E-state index is 8.90. The lowest BCUT2D eigenvalue weighted by molar-refractivity contribution is 0.472. The lowest BCUT2D eigenvalue weighted by Gasteiger charge is -1.89. The molecule has 0 aliphatic rings. The van der Waals surface area contributed by atoms with Crippen molar-refractivity contribution in [1.29, 1.82) is 0 Å². The third-order valence-corrected chi connectivity index (χ3v) is 1.37. The Balaban J connectivity index is 2.66. The molecule has 1 aromatic rings. The van der Waals surface area contributed by atoms with Crippen molar-refractivity contribution in [2.24, 2.45) is 0 Å². The Hall–Kier alpha value is -1.20. The molecule has 0 saturated heterocycles. The second-order valence-electron chi connectivity index (χ2n) is 2.14. The minimum absolute atomic E-state index is 0.151. The first kappa shape index (κ1) is 8.89. The second-order valence-corrected chi connectivity index (χ2v) is 2.52. The first-order valence-electron chi connectivity index (χ1n) is 3.53. The average molecular weight is 182 g/mol. The van der Waals surface area contributed by atoms with E-state index < -0.39 is 0 Å². The number of aromatic nitrogens is 1. The fourth-order valence-corrected chi connectivity index (χ4v) is 0.755. The second kappa shape index (κ2) is 4.63. The van der Waals surface area contributed by atoms with Gasteiger partial charge < -0.3 is 5.11 Å². The number of rotatable bonds is 1. The molecule has 1 rings (SSSR count). The van der Waals surface area contributed by atoms with E-state index in [0.29, 0.717) is 18.0 Å². The van der Waals surface area contributed by atoms with Gasteiger partial charge in [0.15, 0.2) is 0 Å². The number of nitrogens with zero attached hydrogens (tertiary/aromatic N) is 1. The highest BCUT2D eigenvalue weighted by Crippen LogP contribution is 2.04. The minimum Gasteiger partial charge on any atom is -0.506 e. The molecule has 0 saturated carbocycles. The molecule has 0 bridgehead atoms. The van der Waals surface area contributed by atoms with Crippen molar-refractivity contribution in [2.75, 3.05) is 5.88 Å². The van der Waals surface area contributed by atoms with Crippen molar-refractivity contribution < 1.29 is 5.11 Å². The lowest BCUT2D eigenvalue weighted by Crippen LogP contribution is -1.79. The van der Waals surface area contributed by atoms with Crippen molar-refractivity contribution in [3.8, 4) is 17.6 Å². The molecular formula is C9H8ClNO. The van der Waals surface area contributed by atoms with Crippen LogP contribution in [-0.2, 0) is 0 Å². The van der Waals surface area contributed by atoms with Gasteiger partial charge in [0.25, 0.3) is 0 Å². The van der Waals surface area contributed by atoms with E-state index in [4.69, 9.17) is 16.7 Å². The van der Waals surface area contributed by atoms with E-state index in [0.717, 1.165) is 0 Å². The molecule has 0 amide bonds. The van der Waals surface area contributed by atoms with Crippen LogP contribution in [0.3, 0.4) is 0 Å². The van der Waals surface area contributed by atoms with E-state index in [1.165, 1.54) is 6.20 Å². The molecule has 1 heterocycles. The summed E-state index contributed by atoms with van der Waals surface area (Å²) in [6.45, 7) is 0. The van der Waals surface area contributed by atoms with Crippen molar-refractivity contribution in [3.05, 3.63) is 24.0 Å². The zero-order chi connectivity index (χ0) is 8.81. The van der Waals surface area contributed by atoms with Crippen LogP contribution in [-0.4, -0.2) is 16.0 Å². The summed E-state index contributed by atoms with van der Waals surface area (Å²) in [6.07, 6.45) is 2.02. The van der Waals surface area contributed by atoms with Crippen molar-refractivity contribution in [2.45, 2.75) is 6.42 Å². The molecule has 0 aliphatic carbocycles. The molecule has 0 radical (unpaired) electrons. The topological polar surface area (TPSA) is 33.1 Å². The molecule has 2 nitrogen and oxygen atoms in total. The average Bonchev–Trinajstić information content (AvgIpc) is 2.09. The Labute approximate surface area is 76.2 Å². The molecule has 12 heavy (non-hydrogen) atoms. The van der Waals surface area contributed by atoms with E-state index >= 15 is 0 Å². The van der Waals surface area contributed by atoms with E-state index in [1.54, 1.807) is 12.1 Å². The van der Waals surface area contributed by atoms with Crippen molar-refractivity contribution in [3.63, 3.8) is 0 Å². The summed E-state index contributed by atoms with van der Waals surface area (Å²) in [5.41, 5.74) is 0.651. The molecule has 0 aliphatic heterocycles. The fourth-order valence-electron chi connectivity index (χ4n) is 0.660. The van der Waals surface area contributed by atoms with Gasteiger partial charge in [-0.25, -0.2) is 4.98 Å². The molecule has 0 aromatic carbocycles. The molecule has 0 atom stereocenters. The molecule has 1 N–H and O–H groups in total. The number of alkyl halides is 1. The van der Waals surface area contributed by atoms with Gasteiger partial charge in [0, 0.05) is 12.3 Å². The van der Waals surface area contributed by atoms with Crippen LogP contribution in [0.5, 0.6) is 5.75 Å². The van der Waals surface area contributed by atoms with Crippen LogP contribution >= 0.6 is 11.6 Å². The zero-order valence-corrected chi connectivity index (χ0v) is 7.17. The summed E-state index contributed by atoms with van der Waals surface area (Å²) in [5.74, 6) is 6.34. The molecule has 3 heteroatoms. The Kier molecular flexibility index (Phi) is 3.43. The number of hydrogen-bond acceptors (Lipinski definition) is 2. The maximum Gasteiger partial charge on any atom is 0.133 e. The zero-order valence-electron chi connectivity index (χ0n) is 6.42. The molecular weight excluding hydrogens is 174 g/mol. The summed E-state index contributed by atoms with van der Waals surface area (Å²) >= 11 is 5.43. The molecule has 62 valence electrons. The Morgan fingerprint density at radius 2 is 2.33 bits per heavy atom. The summed E-state index contributed by atoms with van der Waals surface area (Å²) in [4.78, 5) is 3.88. The summed E-state index contributed by atoms with van der Waals surface area (Å²) < 4.78 is 0. The van der Waals surface area contributed by atoms with Crippen LogP contribution in [0.1, 0.15) is 12.1 Å². The van der Waals surface area contributed by atoms with Gasteiger partial charge in [-0.05, 0) is 18.1 Å². The van der Waals surface area contributed by atoms with Crippen molar-refractivity contribution >= 4 is 11.6 Å². The van der Waals surface area contributed by atoms with Crippen LogP contribution in [0, 0.1) is 11.8 Å². The first-order chi connectivity index (χ1) is 5.83. The SMILES string of the molecule is Oc1ccc(C#CCCCl)nc1. The predicted octanol–water partition coefficient (Wildman–Crippen LogP) is 1.77. The van der Waals surface area contributed by atoms with Gasteiger partial charge in [-0.1, -0.05) is 5.92 Å². The quantitative estimate of drug-likeness (QED) is 0.529. The number of halogens is 1. The number of hydrogen-bond donors (Lipinski definition) is 1. The van der Waals surface area contributed by atoms with Crippen LogP contribution in [0.15, 0.2) is 18.3 Å².